The minimum Gasteiger partial charge on any atom is -0.382 e. The molecular weight excluding hydrogens is 152 g/mol. The normalized spacial score (nSPS) is 10.7. The van der Waals surface area contributed by atoms with E-state index in [9.17, 15) is 0 Å². The van der Waals surface area contributed by atoms with Gasteiger partial charge in [-0.05, 0) is 19.3 Å². The third-order valence-corrected chi connectivity index (χ3v) is 1.49. The van der Waals surface area contributed by atoms with E-state index in [1.807, 2.05) is 0 Å². The van der Waals surface area contributed by atoms with Crippen LogP contribution in [0.1, 0.15) is 25.4 Å². The number of aryl methyl sites for hydroxylation is 1. The van der Waals surface area contributed by atoms with E-state index in [2.05, 4.69) is 29.0 Å². The molecule has 1 rings (SSSR count). The fourth-order valence-electron chi connectivity index (χ4n) is 0.977. The molecule has 2 N–H and O–H groups in total. The van der Waals surface area contributed by atoms with Crippen molar-refractivity contribution in [3.8, 4) is 0 Å². The number of hydrogen-bond acceptors (Lipinski definition) is 4. The second-order valence-corrected chi connectivity index (χ2v) is 3.29. The summed E-state index contributed by atoms with van der Waals surface area (Å²) in [4.78, 5) is 4.03. The van der Waals surface area contributed by atoms with Crippen molar-refractivity contribution >= 4 is 5.82 Å². The molecule has 4 heteroatoms. The number of nitrogen functional groups attached to an aromatic ring is 1. The van der Waals surface area contributed by atoms with Gasteiger partial charge in [0.1, 0.15) is 17.3 Å². The summed E-state index contributed by atoms with van der Waals surface area (Å²) in [6.07, 6.45) is 0.839. The molecule has 0 aliphatic carbocycles. The monoisotopic (exact) mass is 166 g/mol. The molecule has 0 atom stereocenters. The Morgan fingerprint density at radius 3 is 2.50 bits per heavy atom. The zero-order valence-corrected chi connectivity index (χ0v) is 7.70. The summed E-state index contributed by atoms with van der Waals surface area (Å²) in [7, 11) is 0. The lowest BCUT2D eigenvalue weighted by atomic mass is 10.1. The van der Waals surface area contributed by atoms with Crippen LogP contribution in [0.25, 0.3) is 0 Å². The van der Waals surface area contributed by atoms with Crippen molar-refractivity contribution in [3.63, 3.8) is 0 Å². The minimum absolute atomic E-state index is 0.510. The van der Waals surface area contributed by atoms with Gasteiger partial charge >= 0.3 is 0 Å². The van der Waals surface area contributed by atoms with Gasteiger partial charge < -0.3 is 5.73 Å². The lowest BCUT2D eigenvalue weighted by Crippen LogP contribution is -2.07. The van der Waals surface area contributed by atoms with E-state index in [1.54, 1.807) is 6.92 Å². The maximum absolute atomic E-state index is 5.66. The fourth-order valence-corrected chi connectivity index (χ4v) is 0.977. The molecule has 1 aromatic heterocycles. The van der Waals surface area contributed by atoms with Crippen LogP contribution in [0.5, 0.6) is 0 Å². The maximum Gasteiger partial charge on any atom is 0.150 e. The maximum atomic E-state index is 5.66. The fraction of sp³-hybridized carbons (Fsp3) is 0.625. The van der Waals surface area contributed by atoms with E-state index in [1.165, 1.54) is 0 Å². The van der Waals surface area contributed by atoms with Crippen molar-refractivity contribution in [2.24, 2.45) is 5.92 Å². The van der Waals surface area contributed by atoms with E-state index in [0.717, 1.165) is 12.1 Å². The third-order valence-electron chi connectivity index (χ3n) is 1.49. The van der Waals surface area contributed by atoms with Crippen LogP contribution in [0.3, 0.4) is 0 Å². The molecular formula is C8H14N4. The first-order valence-electron chi connectivity index (χ1n) is 4.05. The summed E-state index contributed by atoms with van der Waals surface area (Å²) < 4.78 is 0. The Bertz CT molecular complexity index is 270. The quantitative estimate of drug-likeness (QED) is 0.710. The first-order valence-corrected chi connectivity index (χ1v) is 4.05. The number of nitrogens with two attached hydrogens (primary N) is 1. The number of hydrogen-bond donors (Lipinski definition) is 1. The Morgan fingerprint density at radius 2 is 2.00 bits per heavy atom. The highest BCUT2D eigenvalue weighted by atomic mass is 15.2. The molecule has 0 radical (unpaired) electrons. The molecule has 0 spiro atoms. The summed E-state index contributed by atoms with van der Waals surface area (Å²) in [6, 6.07) is 0. The standard InChI is InChI=1S/C8H14N4/c1-5(2)4-7-8(9)10-6(3)11-12-7/h5H,4H2,1-3H3,(H2,9,10,11). The zero-order chi connectivity index (χ0) is 9.14. The average Bonchev–Trinajstić information content (AvgIpc) is 1.94. The second kappa shape index (κ2) is 3.47. The van der Waals surface area contributed by atoms with Gasteiger partial charge in [0.25, 0.3) is 0 Å². The highest BCUT2D eigenvalue weighted by Gasteiger charge is 2.05. The van der Waals surface area contributed by atoms with Crippen LogP contribution >= 0.6 is 0 Å². The Hall–Kier alpha value is -1.19. The second-order valence-electron chi connectivity index (χ2n) is 3.29. The Kier molecular flexibility index (Phi) is 2.58. The van der Waals surface area contributed by atoms with Crippen LogP contribution in [-0.2, 0) is 6.42 Å². The first kappa shape index (κ1) is 8.90. The van der Waals surface area contributed by atoms with Crippen LogP contribution < -0.4 is 5.73 Å². The summed E-state index contributed by atoms with van der Waals surface area (Å²) in [5.74, 6) is 1.67. The molecule has 1 heterocycles. The number of anilines is 1. The van der Waals surface area contributed by atoms with Gasteiger partial charge in [-0.15, -0.1) is 10.2 Å². The van der Waals surface area contributed by atoms with Crippen molar-refractivity contribution in [1.29, 1.82) is 0 Å². The number of rotatable bonds is 2. The lowest BCUT2D eigenvalue weighted by molar-refractivity contribution is 0.624. The average molecular weight is 166 g/mol. The van der Waals surface area contributed by atoms with Gasteiger partial charge in [-0.3, -0.25) is 0 Å². The molecule has 0 saturated heterocycles. The van der Waals surface area contributed by atoms with Crippen LogP contribution in [0.15, 0.2) is 0 Å². The smallest absolute Gasteiger partial charge is 0.150 e. The van der Waals surface area contributed by atoms with Gasteiger partial charge in [0.2, 0.25) is 0 Å². The van der Waals surface area contributed by atoms with Crippen LogP contribution in [-0.4, -0.2) is 15.2 Å². The van der Waals surface area contributed by atoms with E-state index in [-0.39, 0.29) is 0 Å². The molecule has 0 aliphatic heterocycles. The first-order chi connectivity index (χ1) is 5.59. The van der Waals surface area contributed by atoms with Gasteiger partial charge in [-0.2, -0.15) is 0 Å². The summed E-state index contributed by atoms with van der Waals surface area (Å²) in [5, 5.41) is 7.83. The van der Waals surface area contributed by atoms with Gasteiger partial charge in [0.15, 0.2) is 0 Å². The molecule has 0 aromatic carbocycles. The molecule has 0 bridgehead atoms. The predicted octanol–water partition coefficient (Wildman–Crippen LogP) is 0.961. The summed E-state index contributed by atoms with van der Waals surface area (Å²) in [6.45, 7) is 6.00. The largest absolute Gasteiger partial charge is 0.382 e. The molecule has 0 unspecified atom stereocenters. The zero-order valence-electron chi connectivity index (χ0n) is 7.70. The SMILES string of the molecule is Cc1nnc(CC(C)C)c(N)n1. The van der Waals surface area contributed by atoms with Gasteiger partial charge in [0.05, 0.1) is 0 Å². The van der Waals surface area contributed by atoms with Crippen molar-refractivity contribution in [3.05, 3.63) is 11.5 Å². The summed E-state index contributed by atoms with van der Waals surface area (Å²) in [5.41, 5.74) is 6.46. The highest BCUT2D eigenvalue weighted by molar-refractivity contribution is 5.32. The molecule has 1 aromatic rings. The molecule has 0 amide bonds. The van der Waals surface area contributed by atoms with Gasteiger partial charge in [-0.25, -0.2) is 4.98 Å². The Labute approximate surface area is 72.2 Å². The third kappa shape index (κ3) is 2.15. The minimum atomic E-state index is 0.510. The van der Waals surface area contributed by atoms with Crippen molar-refractivity contribution < 1.29 is 0 Å². The lowest BCUT2D eigenvalue weighted by Gasteiger charge is -2.05. The molecule has 66 valence electrons. The van der Waals surface area contributed by atoms with Crippen LogP contribution in [0.2, 0.25) is 0 Å². The van der Waals surface area contributed by atoms with Crippen LogP contribution in [0.4, 0.5) is 5.82 Å². The van der Waals surface area contributed by atoms with Crippen molar-refractivity contribution in [1.82, 2.24) is 15.2 Å². The van der Waals surface area contributed by atoms with Gasteiger partial charge in [-0.1, -0.05) is 13.8 Å². The molecule has 0 saturated carbocycles. The van der Waals surface area contributed by atoms with E-state index < -0.39 is 0 Å². The molecule has 0 fully saturated rings. The van der Waals surface area contributed by atoms with Gasteiger partial charge in [0, 0.05) is 0 Å². The number of nitrogens with zero attached hydrogens (tertiary/aromatic N) is 3. The topological polar surface area (TPSA) is 64.7 Å². The Balaban J connectivity index is 2.86. The van der Waals surface area contributed by atoms with Crippen molar-refractivity contribution in [2.75, 3.05) is 5.73 Å². The molecule has 4 nitrogen and oxygen atoms in total. The highest BCUT2D eigenvalue weighted by Crippen LogP contribution is 2.09. The van der Waals surface area contributed by atoms with Crippen molar-refractivity contribution in [2.45, 2.75) is 27.2 Å². The molecule has 0 aliphatic rings. The van der Waals surface area contributed by atoms with E-state index >= 15 is 0 Å². The van der Waals surface area contributed by atoms with E-state index in [0.29, 0.717) is 17.6 Å². The molecule has 12 heavy (non-hydrogen) atoms. The predicted molar refractivity (Wildman–Crippen MR) is 47.5 cm³/mol. The van der Waals surface area contributed by atoms with Crippen LogP contribution in [0, 0.1) is 12.8 Å². The number of aromatic nitrogens is 3. The Morgan fingerprint density at radius 1 is 1.33 bits per heavy atom. The summed E-state index contributed by atoms with van der Waals surface area (Å²) >= 11 is 0. The van der Waals surface area contributed by atoms with E-state index in [4.69, 9.17) is 5.73 Å².